The van der Waals surface area contributed by atoms with Crippen molar-refractivity contribution in [2.24, 2.45) is 0 Å². The van der Waals surface area contributed by atoms with Gasteiger partial charge in [0, 0.05) is 32.8 Å². The molecule has 3 N–H and O–H groups in total. The van der Waals surface area contributed by atoms with E-state index in [1.165, 1.54) is 276 Å². The zero-order chi connectivity index (χ0) is 43.1. The average Bonchev–Trinajstić information content (AvgIpc) is 3.23. The number of ether oxygens (including phenoxy) is 1. The minimum atomic E-state index is -0.653. The van der Waals surface area contributed by atoms with Crippen LogP contribution in [0.1, 0.15) is 315 Å². The Bertz CT molecular complexity index is 679. The van der Waals surface area contributed by atoms with E-state index in [2.05, 4.69) is 6.92 Å². The summed E-state index contributed by atoms with van der Waals surface area (Å²) >= 11 is 0. The predicted molar refractivity (Wildman–Crippen MR) is 260 cm³/mol. The van der Waals surface area contributed by atoms with E-state index in [1.54, 1.807) is 0 Å². The van der Waals surface area contributed by atoms with Crippen LogP contribution in [-0.4, -0.2) is 47.7 Å². The fourth-order valence-electron chi connectivity index (χ4n) is 8.33. The molecule has 0 saturated carbocycles. The van der Waals surface area contributed by atoms with Gasteiger partial charge in [-0.05, 0) is 32.1 Å². The van der Waals surface area contributed by atoms with Crippen LogP contribution in [0.3, 0.4) is 0 Å². The summed E-state index contributed by atoms with van der Waals surface area (Å²) in [6.45, 7) is 4.96. The molecule has 0 unspecified atom stereocenters. The van der Waals surface area contributed by atoms with Crippen LogP contribution in [0.5, 0.6) is 0 Å². The Labute approximate surface area is 371 Å². The van der Waals surface area contributed by atoms with E-state index in [1.807, 2.05) is 0 Å². The first-order valence-corrected chi connectivity index (χ1v) is 27.2. The fourth-order valence-corrected chi connectivity index (χ4v) is 8.33. The van der Waals surface area contributed by atoms with E-state index in [-0.39, 0.29) is 0 Å². The third-order valence-electron chi connectivity index (χ3n) is 12.4. The molecule has 0 saturated heterocycles. The summed E-state index contributed by atoms with van der Waals surface area (Å²) < 4.78 is 5.86. The molecule has 0 fully saturated rings. The smallest absolute Gasteiger partial charge is 0.303 e. The van der Waals surface area contributed by atoms with Crippen LogP contribution in [0.4, 0.5) is 0 Å². The first-order valence-electron chi connectivity index (χ1n) is 27.2. The highest BCUT2D eigenvalue weighted by Crippen LogP contribution is 2.17. The quantitative estimate of drug-likeness (QED) is 0.0531. The van der Waals surface area contributed by atoms with Crippen molar-refractivity contribution in [3.8, 4) is 0 Å². The number of carboxylic acid groups (broad SMARTS) is 1. The van der Waals surface area contributed by atoms with Crippen LogP contribution in [0.2, 0.25) is 0 Å². The second-order valence-electron chi connectivity index (χ2n) is 18.5. The number of hydrogen-bond acceptors (Lipinski definition) is 4. The summed E-state index contributed by atoms with van der Waals surface area (Å²) in [6, 6.07) is 0. The van der Waals surface area contributed by atoms with Crippen molar-refractivity contribution in [1.29, 1.82) is 0 Å². The molecule has 0 heterocycles. The Hall–Kier alpha value is -0.650. The third kappa shape index (κ3) is 64.1. The van der Waals surface area contributed by atoms with Gasteiger partial charge >= 0.3 is 5.97 Å². The lowest BCUT2D eigenvalue weighted by Crippen LogP contribution is -1.97. The summed E-state index contributed by atoms with van der Waals surface area (Å²) in [5.41, 5.74) is 0. The molecular formula is C54H110O5. The molecule has 0 aliphatic heterocycles. The summed E-state index contributed by atoms with van der Waals surface area (Å²) in [7, 11) is 0. The Morgan fingerprint density at radius 1 is 0.288 bits per heavy atom. The van der Waals surface area contributed by atoms with Crippen molar-refractivity contribution in [2.45, 2.75) is 315 Å². The van der Waals surface area contributed by atoms with E-state index < -0.39 is 5.97 Å². The summed E-state index contributed by atoms with van der Waals surface area (Å²) in [5.74, 6) is -0.653. The number of unbranched alkanes of at least 4 members (excludes halogenated alkanes) is 44. The van der Waals surface area contributed by atoms with Gasteiger partial charge in [0.2, 0.25) is 0 Å². The highest BCUT2D eigenvalue weighted by Gasteiger charge is 1.99. The molecule has 0 atom stereocenters. The monoisotopic (exact) mass is 839 g/mol. The SMILES string of the molecule is CCCCCCCCCCCCCCCCCC(=O)O.OCCCCCCCCCCCCCCCCCCOCCCCCCCCCCCCCCCCCCO. The third-order valence-corrected chi connectivity index (χ3v) is 12.4. The van der Waals surface area contributed by atoms with Crippen molar-refractivity contribution < 1.29 is 24.9 Å². The first kappa shape index (κ1) is 60.4. The maximum Gasteiger partial charge on any atom is 0.303 e. The molecule has 0 spiro atoms. The molecule has 0 aliphatic carbocycles. The zero-order valence-electron chi connectivity index (χ0n) is 40.4. The van der Waals surface area contributed by atoms with Gasteiger partial charge in [0.05, 0.1) is 0 Å². The van der Waals surface area contributed by atoms with Gasteiger partial charge in [-0.1, -0.05) is 277 Å². The lowest BCUT2D eigenvalue weighted by atomic mass is 10.0. The fraction of sp³-hybridized carbons (Fsp3) is 0.981. The molecule has 5 nitrogen and oxygen atoms in total. The van der Waals surface area contributed by atoms with Gasteiger partial charge in [0.25, 0.3) is 0 Å². The molecule has 0 aromatic rings. The van der Waals surface area contributed by atoms with Crippen LogP contribution in [0.25, 0.3) is 0 Å². The molecule has 0 rings (SSSR count). The Kier molecular flexibility index (Phi) is 60.9. The second-order valence-corrected chi connectivity index (χ2v) is 18.5. The summed E-state index contributed by atoms with van der Waals surface area (Å²) in [6.07, 6.45) is 63.6. The van der Waals surface area contributed by atoms with Crippen molar-refractivity contribution >= 4 is 5.97 Å². The highest BCUT2D eigenvalue weighted by molar-refractivity contribution is 5.66. The van der Waals surface area contributed by atoms with Gasteiger partial charge in [-0.25, -0.2) is 0 Å². The van der Waals surface area contributed by atoms with Crippen molar-refractivity contribution in [2.75, 3.05) is 26.4 Å². The van der Waals surface area contributed by atoms with E-state index in [0.717, 1.165) is 38.9 Å². The second kappa shape index (κ2) is 59.4. The lowest BCUT2D eigenvalue weighted by Gasteiger charge is -2.06. The maximum absolute atomic E-state index is 10.3. The highest BCUT2D eigenvalue weighted by atomic mass is 16.5. The zero-order valence-corrected chi connectivity index (χ0v) is 40.4. The molecule has 59 heavy (non-hydrogen) atoms. The number of aliphatic hydroxyl groups excluding tert-OH is 2. The largest absolute Gasteiger partial charge is 0.481 e. The van der Waals surface area contributed by atoms with Gasteiger partial charge in [0.1, 0.15) is 0 Å². The Morgan fingerprint density at radius 3 is 0.678 bits per heavy atom. The van der Waals surface area contributed by atoms with E-state index in [4.69, 9.17) is 20.1 Å². The number of aliphatic hydroxyl groups is 2. The molecule has 0 amide bonds. The van der Waals surface area contributed by atoms with E-state index >= 15 is 0 Å². The van der Waals surface area contributed by atoms with Crippen molar-refractivity contribution in [3.63, 3.8) is 0 Å². The van der Waals surface area contributed by atoms with Gasteiger partial charge in [-0.15, -0.1) is 0 Å². The summed E-state index contributed by atoms with van der Waals surface area (Å²) in [4.78, 5) is 10.3. The molecule has 5 heteroatoms. The normalized spacial score (nSPS) is 11.3. The van der Waals surface area contributed by atoms with Crippen LogP contribution in [-0.2, 0) is 9.53 Å². The Morgan fingerprint density at radius 2 is 0.475 bits per heavy atom. The van der Waals surface area contributed by atoms with Gasteiger partial charge in [-0.3, -0.25) is 4.79 Å². The van der Waals surface area contributed by atoms with Crippen LogP contribution < -0.4 is 0 Å². The van der Waals surface area contributed by atoms with E-state index in [0.29, 0.717) is 19.6 Å². The molecule has 356 valence electrons. The number of carbonyl (C=O) groups is 1. The van der Waals surface area contributed by atoms with Gasteiger partial charge in [0.15, 0.2) is 0 Å². The molecule has 0 radical (unpaired) electrons. The topological polar surface area (TPSA) is 87.0 Å². The number of carboxylic acids is 1. The predicted octanol–water partition coefficient (Wildman–Crippen LogP) is 17.8. The Balaban J connectivity index is 0. The lowest BCUT2D eigenvalue weighted by molar-refractivity contribution is -0.137. The average molecular weight is 839 g/mol. The maximum atomic E-state index is 10.3. The van der Waals surface area contributed by atoms with Crippen LogP contribution in [0.15, 0.2) is 0 Å². The number of rotatable bonds is 52. The van der Waals surface area contributed by atoms with Crippen LogP contribution in [0, 0.1) is 0 Å². The molecular weight excluding hydrogens is 729 g/mol. The molecule has 0 aromatic carbocycles. The van der Waals surface area contributed by atoms with Crippen molar-refractivity contribution in [1.82, 2.24) is 0 Å². The van der Waals surface area contributed by atoms with Gasteiger partial charge in [-0.2, -0.15) is 0 Å². The van der Waals surface area contributed by atoms with Gasteiger partial charge < -0.3 is 20.1 Å². The van der Waals surface area contributed by atoms with Crippen LogP contribution >= 0.6 is 0 Å². The standard InChI is InChI=1S/C36H74O3.C18H36O2/c37-33-29-25-21-17-13-9-5-1-3-7-11-15-19-23-27-31-35-39-36-32-28-24-20-16-12-8-4-2-6-10-14-18-22-26-30-34-38;1-2-3-4-5-6-7-8-9-10-11-12-13-14-15-16-17-18(19)20/h37-38H,1-36H2;2-17H2,1H3,(H,19,20). The first-order chi connectivity index (χ1) is 29.2. The number of aliphatic carboxylic acids is 1. The van der Waals surface area contributed by atoms with Crippen molar-refractivity contribution in [3.05, 3.63) is 0 Å². The van der Waals surface area contributed by atoms with E-state index in [9.17, 15) is 4.79 Å². The molecule has 0 bridgehead atoms. The summed E-state index contributed by atoms with van der Waals surface area (Å²) in [5, 5.41) is 26.1. The molecule has 0 aliphatic rings. The molecule has 0 aromatic heterocycles. The minimum absolute atomic E-state index is 0.345. The minimum Gasteiger partial charge on any atom is -0.481 e. The number of hydrogen-bond donors (Lipinski definition) is 3.